The summed E-state index contributed by atoms with van der Waals surface area (Å²) in [5.41, 5.74) is 4.95. The van der Waals surface area contributed by atoms with Gasteiger partial charge in [0.25, 0.3) is 0 Å². The number of amides is 2. The number of nitrogens with one attached hydrogen (secondary N) is 2. The molecule has 0 unspecified atom stereocenters. The molecule has 0 saturated heterocycles. The molecule has 0 aliphatic heterocycles. The molecule has 0 atom stereocenters. The van der Waals surface area contributed by atoms with Crippen LogP contribution in [-0.2, 0) is 12.8 Å². The van der Waals surface area contributed by atoms with Gasteiger partial charge < -0.3 is 10.6 Å². The molecule has 34 heavy (non-hydrogen) atoms. The maximum Gasteiger partial charge on any atom is 0.323 e. The summed E-state index contributed by atoms with van der Waals surface area (Å²) in [7, 11) is 0. The fraction of sp³-hybridized carbons (Fsp3) is 0.0714. The number of urea groups is 1. The van der Waals surface area contributed by atoms with Gasteiger partial charge in [0.05, 0.1) is 16.7 Å². The number of rotatable bonds is 6. The number of carbonyl (C=O) groups excluding carboxylic acids is 1. The molecule has 0 saturated carbocycles. The van der Waals surface area contributed by atoms with Gasteiger partial charge >= 0.3 is 6.03 Å². The first-order valence-corrected chi connectivity index (χ1v) is 11.1. The van der Waals surface area contributed by atoms with Crippen molar-refractivity contribution in [2.75, 3.05) is 10.6 Å². The highest BCUT2D eigenvalue weighted by molar-refractivity contribution is 5.99. The molecule has 0 aliphatic carbocycles. The van der Waals surface area contributed by atoms with Gasteiger partial charge in [-0.2, -0.15) is 0 Å². The van der Waals surface area contributed by atoms with E-state index in [9.17, 15) is 9.18 Å². The minimum atomic E-state index is -0.492. The molecule has 0 radical (unpaired) electrons. The molecule has 0 spiro atoms. The van der Waals surface area contributed by atoms with Crippen LogP contribution in [0.1, 0.15) is 11.4 Å². The predicted molar refractivity (Wildman–Crippen MR) is 134 cm³/mol. The molecule has 5 nitrogen and oxygen atoms in total. The minimum absolute atomic E-state index is 0.135. The second kappa shape index (κ2) is 9.58. The van der Waals surface area contributed by atoms with Crippen LogP contribution in [0, 0.1) is 5.82 Å². The Morgan fingerprint density at radius 3 is 2.41 bits per heavy atom. The Hall–Kier alpha value is -4.45. The second-order valence-corrected chi connectivity index (χ2v) is 7.95. The molecular formula is C28H23FN4O. The summed E-state index contributed by atoms with van der Waals surface area (Å²) in [4.78, 5) is 17.2. The van der Waals surface area contributed by atoms with Crippen LogP contribution in [0.5, 0.6) is 0 Å². The lowest BCUT2D eigenvalue weighted by Gasteiger charge is -2.11. The van der Waals surface area contributed by atoms with E-state index >= 15 is 0 Å². The zero-order valence-corrected chi connectivity index (χ0v) is 18.4. The summed E-state index contributed by atoms with van der Waals surface area (Å²) in [6.07, 6.45) is 1.48. The largest absolute Gasteiger partial charge is 0.323 e. The van der Waals surface area contributed by atoms with E-state index in [1.165, 1.54) is 12.1 Å². The second-order valence-electron chi connectivity index (χ2n) is 7.95. The molecule has 6 heteroatoms. The van der Waals surface area contributed by atoms with E-state index in [-0.39, 0.29) is 5.69 Å². The highest BCUT2D eigenvalue weighted by Gasteiger charge is 2.12. The number of para-hydroxylation sites is 4. The van der Waals surface area contributed by atoms with Crippen LogP contribution in [-0.4, -0.2) is 15.6 Å². The number of hydrogen-bond acceptors (Lipinski definition) is 2. The number of nitrogens with zero attached hydrogens (tertiary/aromatic N) is 2. The first-order valence-electron chi connectivity index (χ1n) is 11.1. The lowest BCUT2D eigenvalue weighted by Crippen LogP contribution is -2.20. The molecule has 0 bridgehead atoms. The van der Waals surface area contributed by atoms with Gasteiger partial charge in [0.1, 0.15) is 11.6 Å². The molecule has 4 aromatic carbocycles. The summed E-state index contributed by atoms with van der Waals surface area (Å²) < 4.78 is 16.0. The fourth-order valence-corrected chi connectivity index (χ4v) is 4.02. The first-order chi connectivity index (χ1) is 16.7. The van der Waals surface area contributed by atoms with Crippen molar-refractivity contribution in [2.24, 2.45) is 0 Å². The van der Waals surface area contributed by atoms with E-state index in [1.807, 2.05) is 60.7 Å². The van der Waals surface area contributed by atoms with Crippen molar-refractivity contribution >= 4 is 28.4 Å². The molecule has 5 aromatic rings. The van der Waals surface area contributed by atoms with Crippen LogP contribution in [0.2, 0.25) is 0 Å². The van der Waals surface area contributed by atoms with Gasteiger partial charge in [0.15, 0.2) is 0 Å². The lowest BCUT2D eigenvalue weighted by atomic mass is 10.1. The van der Waals surface area contributed by atoms with Gasteiger partial charge in [0.2, 0.25) is 0 Å². The standard InChI is InChI=1S/C28H23FN4O/c29-23-13-4-5-14-24(23)32-28(34)30-21-10-8-9-20(19-21)17-18-27-31-25-15-6-7-16-26(25)33(27)22-11-2-1-3-12-22/h1-16,19H,17-18H2,(H2,30,32,34). The van der Waals surface area contributed by atoms with Crippen LogP contribution in [0.3, 0.4) is 0 Å². The van der Waals surface area contributed by atoms with Crippen LogP contribution in [0.25, 0.3) is 16.7 Å². The molecule has 0 aliphatic rings. The van der Waals surface area contributed by atoms with Crippen molar-refractivity contribution < 1.29 is 9.18 Å². The van der Waals surface area contributed by atoms with Crippen molar-refractivity contribution in [2.45, 2.75) is 12.8 Å². The maximum atomic E-state index is 13.8. The van der Waals surface area contributed by atoms with E-state index < -0.39 is 11.8 Å². The molecule has 2 amide bonds. The minimum Gasteiger partial charge on any atom is -0.308 e. The lowest BCUT2D eigenvalue weighted by molar-refractivity contribution is 0.262. The third kappa shape index (κ3) is 4.66. The summed E-state index contributed by atoms with van der Waals surface area (Å²) in [5, 5.41) is 5.32. The van der Waals surface area contributed by atoms with Gasteiger partial charge in [0, 0.05) is 17.8 Å². The Morgan fingerprint density at radius 2 is 1.56 bits per heavy atom. The van der Waals surface area contributed by atoms with Crippen molar-refractivity contribution in [1.29, 1.82) is 0 Å². The van der Waals surface area contributed by atoms with Crippen LogP contribution in [0.4, 0.5) is 20.6 Å². The normalized spacial score (nSPS) is 10.9. The zero-order chi connectivity index (χ0) is 23.3. The molecule has 1 heterocycles. The van der Waals surface area contributed by atoms with Crippen molar-refractivity contribution in [3.05, 3.63) is 120 Å². The van der Waals surface area contributed by atoms with E-state index in [4.69, 9.17) is 4.98 Å². The number of anilines is 2. The van der Waals surface area contributed by atoms with Crippen LogP contribution >= 0.6 is 0 Å². The highest BCUT2D eigenvalue weighted by atomic mass is 19.1. The number of imidazole rings is 1. The Balaban J connectivity index is 1.32. The number of benzene rings is 4. The number of fused-ring (bicyclic) bond motifs is 1. The third-order valence-electron chi connectivity index (χ3n) is 5.59. The smallest absolute Gasteiger partial charge is 0.308 e. The number of carbonyl (C=O) groups is 1. The van der Waals surface area contributed by atoms with Gasteiger partial charge in [-0.25, -0.2) is 14.2 Å². The van der Waals surface area contributed by atoms with Crippen molar-refractivity contribution in [3.63, 3.8) is 0 Å². The summed E-state index contributed by atoms with van der Waals surface area (Å²) in [6, 6.07) is 31.6. The van der Waals surface area contributed by atoms with Crippen molar-refractivity contribution in [3.8, 4) is 5.69 Å². The number of hydrogen-bond donors (Lipinski definition) is 2. The highest BCUT2D eigenvalue weighted by Crippen LogP contribution is 2.23. The van der Waals surface area contributed by atoms with Crippen LogP contribution < -0.4 is 10.6 Å². The average molecular weight is 451 g/mol. The molecule has 1 aromatic heterocycles. The molecule has 0 fully saturated rings. The molecule has 168 valence electrons. The number of aryl methyl sites for hydroxylation is 2. The van der Waals surface area contributed by atoms with Gasteiger partial charge in [-0.3, -0.25) is 4.57 Å². The van der Waals surface area contributed by atoms with Gasteiger partial charge in [-0.15, -0.1) is 0 Å². The Bertz CT molecular complexity index is 1450. The average Bonchev–Trinajstić information content (AvgIpc) is 3.23. The summed E-state index contributed by atoms with van der Waals surface area (Å²) in [6.45, 7) is 0. The maximum absolute atomic E-state index is 13.8. The van der Waals surface area contributed by atoms with E-state index in [0.717, 1.165) is 41.0 Å². The van der Waals surface area contributed by atoms with Crippen molar-refractivity contribution in [1.82, 2.24) is 9.55 Å². The molecule has 5 rings (SSSR count). The summed E-state index contributed by atoms with van der Waals surface area (Å²) >= 11 is 0. The Kier molecular flexibility index (Phi) is 6.03. The van der Waals surface area contributed by atoms with Gasteiger partial charge in [-0.05, 0) is 60.5 Å². The van der Waals surface area contributed by atoms with Gasteiger partial charge in [-0.1, -0.05) is 54.6 Å². The SMILES string of the molecule is O=C(Nc1cccc(CCc2nc3ccccc3n2-c2ccccc2)c1)Nc1ccccc1F. The quantitative estimate of drug-likeness (QED) is 0.306. The zero-order valence-electron chi connectivity index (χ0n) is 18.4. The molecular weight excluding hydrogens is 427 g/mol. The fourth-order valence-electron chi connectivity index (χ4n) is 4.02. The topological polar surface area (TPSA) is 59.0 Å². The summed E-state index contributed by atoms with van der Waals surface area (Å²) in [5.74, 6) is 0.496. The Labute approximate surface area is 196 Å². The number of halogens is 1. The molecule has 2 N–H and O–H groups in total. The number of aromatic nitrogens is 2. The van der Waals surface area contributed by atoms with E-state index in [0.29, 0.717) is 5.69 Å². The van der Waals surface area contributed by atoms with Crippen LogP contribution in [0.15, 0.2) is 103 Å². The Morgan fingerprint density at radius 1 is 0.794 bits per heavy atom. The predicted octanol–water partition coefficient (Wildman–Crippen LogP) is 6.59. The third-order valence-corrected chi connectivity index (χ3v) is 5.59. The van der Waals surface area contributed by atoms with E-state index in [1.54, 1.807) is 12.1 Å². The van der Waals surface area contributed by atoms with E-state index in [2.05, 4.69) is 33.4 Å². The monoisotopic (exact) mass is 450 g/mol. The first kappa shape index (κ1) is 21.4.